The van der Waals surface area contributed by atoms with E-state index in [9.17, 15) is 33.4 Å². The summed E-state index contributed by atoms with van der Waals surface area (Å²) < 4.78 is 38.1. The molecule has 0 heterocycles. The van der Waals surface area contributed by atoms with E-state index >= 15 is 0 Å². The monoisotopic (exact) mass is 382 g/mol. The molecule has 0 bridgehead atoms. The molecule has 0 aliphatic carbocycles. The Morgan fingerprint density at radius 3 is 2.22 bits per heavy atom. The van der Waals surface area contributed by atoms with Crippen molar-refractivity contribution < 1.29 is 23.0 Å². The van der Waals surface area contributed by atoms with Crippen LogP contribution in [0.2, 0.25) is 0 Å². The number of nitro groups is 2. The van der Waals surface area contributed by atoms with Gasteiger partial charge in [0.2, 0.25) is 0 Å². The van der Waals surface area contributed by atoms with Crippen LogP contribution >= 0.6 is 0 Å². The number of alkyl halides is 3. The molecule has 0 spiro atoms. The molecule has 2 aromatic rings. The Hall–Kier alpha value is -3.50. The van der Waals surface area contributed by atoms with Crippen LogP contribution in [0, 0.1) is 27.2 Å². The van der Waals surface area contributed by atoms with Crippen LogP contribution in [0.25, 0.3) is 0 Å². The van der Waals surface area contributed by atoms with Gasteiger partial charge in [-0.15, -0.1) is 0 Å². The van der Waals surface area contributed by atoms with E-state index in [2.05, 4.69) is 10.5 Å². The quantitative estimate of drug-likeness (QED) is 0.459. The van der Waals surface area contributed by atoms with Crippen molar-refractivity contribution in [2.45, 2.75) is 20.0 Å². The van der Waals surface area contributed by atoms with Crippen LogP contribution in [0.3, 0.4) is 0 Å². The number of hydrogen-bond donors (Lipinski definition) is 1. The molecule has 0 saturated heterocycles. The highest BCUT2D eigenvalue weighted by atomic mass is 19.4. The summed E-state index contributed by atoms with van der Waals surface area (Å²) in [6.45, 7) is 3.06. The van der Waals surface area contributed by atoms with E-state index in [4.69, 9.17) is 0 Å². The van der Waals surface area contributed by atoms with Crippen LogP contribution in [0.4, 0.5) is 30.2 Å². The van der Waals surface area contributed by atoms with Crippen LogP contribution in [-0.4, -0.2) is 15.6 Å². The molecule has 11 heteroatoms. The van der Waals surface area contributed by atoms with E-state index in [0.717, 1.165) is 6.07 Å². The van der Waals surface area contributed by atoms with Crippen LogP contribution in [0.1, 0.15) is 23.6 Å². The largest absolute Gasteiger partial charge is 0.416 e. The SMILES string of the molecule is C/C(=N/Nc1ccc(C(F)(F)F)cc1[N+](=O)[O-])c1ccc(C)c([N+](=O)[O-])c1. The second kappa shape index (κ2) is 7.40. The maximum atomic E-state index is 12.7. The summed E-state index contributed by atoms with van der Waals surface area (Å²) in [7, 11) is 0. The first-order valence-corrected chi connectivity index (χ1v) is 7.42. The van der Waals surface area contributed by atoms with Crippen molar-refractivity contribution in [1.82, 2.24) is 0 Å². The Morgan fingerprint density at radius 1 is 1.04 bits per heavy atom. The number of halogens is 3. The highest BCUT2D eigenvalue weighted by Gasteiger charge is 2.33. The van der Waals surface area contributed by atoms with Crippen molar-refractivity contribution >= 4 is 22.8 Å². The van der Waals surface area contributed by atoms with E-state index in [1.807, 2.05) is 0 Å². The number of benzene rings is 2. The Balaban J connectivity index is 2.36. The molecule has 0 atom stereocenters. The van der Waals surface area contributed by atoms with Gasteiger partial charge < -0.3 is 0 Å². The Morgan fingerprint density at radius 2 is 1.67 bits per heavy atom. The number of anilines is 1. The van der Waals surface area contributed by atoms with Crippen molar-refractivity contribution in [1.29, 1.82) is 0 Å². The molecule has 0 amide bonds. The van der Waals surface area contributed by atoms with Gasteiger partial charge in [-0.05, 0) is 26.0 Å². The molecule has 0 fully saturated rings. The highest BCUT2D eigenvalue weighted by molar-refractivity contribution is 5.99. The summed E-state index contributed by atoms with van der Waals surface area (Å²) in [5.41, 5.74) is 1.11. The lowest BCUT2D eigenvalue weighted by Gasteiger charge is -2.09. The molecule has 1 N–H and O–H groups in total. The fourth-order valence-electron chi connectivity index (χ4n) is 2.19. The van der Waals surface area contributed by atoms with Gasteiger partial charge in [-0.3, -0.25) is 25.7 Å². The first-order chi connectivity index (χ1) is 12.5. The molecule has 0 unspecified atom stereocenters. The van der Waals surface area contributed by atoms with E-state index in [-0.39, 0.29) is 17.1 Å². The number of nitrogens with one attached hydrogen (secondary N) is 1. The number of nitro benzene ring substituents is 2. The first-order valence-electron chi connectivity index (χ1n) is 7.42. The molecule has 142 valence electrons. The minimum absolute atomic E-state index is 0.123. The zero-order valence-electron chi connectivity index (χ0n) is 14.1. The van der Waals surface area contributed by atoms with E-state index in [1.165, 1.54) is 19.1 Å². The zero-order valence-corrected chi connectivity index (χ0v) is 14.1. The summed E-state index contributed by atoms with van der Waals surface area (Å²) in [5, 5.41) is 25.9. The molecular formula is C16H13F3N4O4. The minimum Gasteiger partial charge on any atom is -0.271 e. The molecule has 0 saturated carbocycles. The molecule has 0 aliphatic rings. The fraction of sp³-hybridized carbons (Fsp3) is 0.188. The van der Waals surface area contributed by atoms with Gasteiger partial charge in [-0.25, -0.2) is 0 Å². The van der Waals surface area contributed by atoms with Gasteiger partial charge in [0.05, 0.1) is 21.1 Å². The normalized spacial score (nSPS) is 12.0. The molecule has 0 aliphatic heterocycles. The lowest BCUT2D eigenvalue weighted by molar-refractivity contribution is -0.385. The number of nitrogens with zero attached hydrogens (tertiary/aromatic N) is 3. The minimum atomic E-state index is -4.72. The second-order valence-corrected chi connectivity index (χ2v) is 5.55. The third kappa shape index (κ3) is 4.57. The highest BCUT2D eigenvalue weighted by Crippen LogP contribution is 2.35. The Labute approximate surface area is 150 Å². The predicted octanol–water partition coefficient (Wildman–Crippen LogP) is 4.67. The number of aryl methyl sites for hydroxylation is 1. The smallest absolute Gasteiger partial charge is 0.271 e. The number of rotatable bonds is 5. The third-order valence-electron chi connectivity index (χ3n) is 3.69. The topological polar surface area (TPSA) is 111 Å². The number of hydrogen-bond acceptors (Lipinski definition) is 6. The molecule has 2 rings (SSSR count). The van der Waals surface area contributed by atoms with Gasteiger partial charge in [0.25, 0.3) is 11.4 Å². The lowest BCUT2D eigenvalue weighted by Crippen LogP contribution is -2.07. The summed E-state index contributed by atoms with van der Waals surface area (Å²) in [6, 6.07) is 6.38. The molecule has 8 nitrogen and oxygen atoms in total. The fourth-order valence-corrected chi connectivity index (χ4v) is 2.19. The lowest BCUT2D eigenvalue weighted by atomic mass is 10.1. The summed E-state index contributed by atoms with van der Waals surface area (Å²) >= 11 is 0. The molecular weight excluding hydrogens is 369 g/mol. The summed E-state index contributed by atoms with van der Waals surface area (Å²) in [5.74, 6) is 0. The summed E-state index contributed by atoms with van der Waals surface area (Å²) in [4.78, 5) is 20.5. The maximum Gasteiger partial charge on any atom is 0.416 e. The van der Waals surface area contributed by atoms with Gasteiger partial charge >= 0.3 is 6.18 Å². The van der Waals surface area contributed by atoms with Gasteiger partial charge in [0, 0.05) is 23.3 Å². The van der Waals surface area contributed by atoms with Crippen LogP contribution < -0.4 is 5.43 Å². The molecule has 0 aromatic heterocycles. The van der Waals surface area contributed by atoms with Crippen molar-refractivity contribution in [2.24, 2.45) is 5.10 Å². The second-order valence-electron chi connectivity index (χ2n) is 5.55. The van der Waals surface area contributed by atoms with Crippen LogP contribution in [-0.2, 0) is 6.18 Å². The Bertz CT molecular complexity index is 942. The third-order valence-corrected chi connectivity index (χ3v) is 3.69. The van der Waals surface area contributed by atoms with Crippen molar-refractivity contribution in [2.75, 3.05) is 5.43 Å². The van der Waals surface area contributed by atoms with Crippen LogP contribution in [0.5, 0.6) is 0 Å². The number of hydrazone groups is 1. The maximum absolute atomic E-state index is 12.7. The van der Waals surface area contributed by atoms with Gasteiger partial charge in [-0.1, -0.05) is 12.1 Å². The zero-order chi connectivity index (χ0) is 20.4. The van der Waals surface area contributed by atoms with Crippen molar-refractivity contribution in [3.63, 3.8) is 0 Å². The van der Waals surface area contributed by atoms with Gasteiger partial charge in [-0.2, -0.15) is 18.3 Å². The van der Waals surface area contributed by atoms with E-state index < -0.39 is 27.3 Å². The Kier molecular flexibility index (Phi) is 5.43. The molecule has 2 aromatic carbocycles. The first kappa shape index (κ1) is 19.8. The van der Waals surface area contributed by atoms with Gasteiger partial charge in [0.15, 0.2) is 0 Å². The van der Waals surface area contributed by atoms with E-state index in [0.29, 0.717) is 23.3 Å². The summed E-state index contributed by atoms with van der Waals surface area (Å²) in [6.07, 6.45) is -4.72. The predicted molar refractivity (Wildman–Crippen MR) is 91.8 cm³/mol. The van der Waals surface area contributed by atoms with Crippen molar-refractivity contribution in [3.8, 4) is 0 Å². The van der Waals surface area contributed by atoms with Crippen LogP contribution in [0.15, 0.2) is 41.5 Å². The average molecular weight is 382 g/mol. The van der Waals surface area contributed by atoms with Gasteiger partial charge in [0.1, 0.15) is 5.69 Å². The van der Waals surface area contributed by atoms with E-state index in [1.54, 1.807) is 13.0 Å². The molecule has 27 heavy (non-hydrogen) atoms. The molecule has 0 radical (unpaired) electrons. The van der Waals surface area contributed by atoms with Crippen molar-refractivity contribution in [3.05, 3.63) is 73.3 Å². The standard InChI is InChI=1S/C16H13F3N4O4/c1-9-3-4-11(7-14(9)22(24)25)10(2)20-21-13-6-5-12(16(17,18)19)8-15(13)23(26)27/h3-8,21H,1-2H3/b20-10-. The average Bonchev–Trinajstić information content (AvgIpc) is 2.58.